The van der Waals surface area contributed by atoms with Crippen LogP contribution in [-0.2, 0) is 9.84 Å². The lowest BCUT2D eigenvalue weighted by molar-refractivity contribution is 0.602. The van der Waals surface area contributed by atoms with Gasteiger partial charge in [-0.2, -0.15) is 4.98 Å². The summed E-state index contributed by atoms with van der Waals surface area (Å²) >= 11 is 1.37. The van der Waals surface area contributed by atoms with Crippen molar-refractivity contribution >= 4 is 31.3 Å². The predicted octanol–water partition coefficient (Wildman–Crippen LogP) is 2.73. The van der Waals surface area contributed by atoms with Crippen molar-refractivity contribution in [1.82, 2.24) is 4.98 Å². The van der Waals surface area contributed by atoms with E-state index in [4.69, 9.17) is 0 Å². The zero-order valence-corrected chi connectivity index (χ0v) is 12.7. The molecule has 106 valence electrons. The molecule has 0 unspecified atom stereocenters. The Kier molecular flexibility index (Phi) is 3.35. The van der Waals surface area contributed by atoms with Crippen LogP contribution in [0.1, 0.15) is 0 Å². The second kappa shape index (κ2) is 5.05. The Labute approximate surface area is 125 Å². The second-order valence-corrected chi connectivity index (χ2v) is 7.67. The van der Waals surface area contributed by atoms with Crippen LogP contribution in [0.2, 0.25) is 0 Å². The van der Waals surface area contributed by atoms with E-state index in [0.717, 1.165) is 11.0 Å². The highest BCUT2D eigenvalue weighted by molar-refractivity contribution is 7.90. The maximum Gasteiger partial charge on any atom is 0.279 e. The van der Waals surface area contributed by atoms with Crippen LogP contribution in [-0.4, -0.2) is 19.7 Å². The SMILES string of the molecule is CS(=O)(=O)c1cccc(-c2nc(=O)c3ccccc3s2)c1. The Hall–Kier alpha value is -2.05. The van der Waals surface area contributed by atoms with Crippen molar-refractivity contribution in [2.75, 3.05) is 6.26 Å². The third-order valence-corrected chi connectivity index (χ3v) is 5.24. The number of hydrogen-bond donors (Lipinski definition) is 0. The average molecular weight is 317 g/mol. The van der Waals surface area contributed by atoms with Crippen LogP contribution < -0.4 is 5.56 Å². The quantitative estimate of drug-likeness (QED) is 0.729. The van der Waals surface area contributed by atoms with Gasteiger partial charge >= 0.3 is 0 Å². The van der Waals surface area contributed by atoms with Gasteiger partial charge in [-0.25, -0.2) is 8.42 Å². The summed E-state index contributed by atoms with van der Waals surface area (Å²) in [6.07, 6.45) is 1.16. The van der Waals surface area contributed by atoms with Crippen LogP contribution in [0.3, 0.4) is 0 Å². The summed E-state index contributed by atoms with van der Waals surface area (Å²) < 4.78 is 24.1. The number of sulfone groups is 1. The fraction of sp³-hybridized carbons (Fsp3) is 0.0667. The lowest BCUT2D eigenvalue weighted by atomic mass is 10.2. The van der Waals surface area contributed by atoms with Crippen molar-refractivity contribution in [1.29, 1.82) is 0 Å². The van der Waals surface area contributed by atoms with Gasteiger partial charge in [0.1, 0.15) is 5.01 Å². The lowest BCUT2D eigenvalue weighted by Crippen LogP contribution is -2.06. The molecule has 0 aliphatic rings. The van der Waals surface area contributed by atoms with Crippen LogP contribution in [0.4, 0.5) is 0 Å². The standard InChI is InChI=1S/C15H11NO3S2/c1-21(18,19)11-6-4-5-10(9-11)15-16-14(17)12-7-2-3-8-13(12)20-15/h2-9H,1H3. The van der Waals surface area contributed by atoms with Crippen LogP contribution >= 0.6 is 11.3 Å². The number of aromatic nitrogens is 1. The fourth-order valence-corrected chi connectivity index (χ4v) is 3.66. The predicted molar refractivity (Wildman–Crippen MR) is 84.4 cm³/mol. The molecule has 0 saturated heterocycles. The first-order valence-corrected chi connectivity index (χ1v) is 8.86. The summed E-state index contributed by atoms with van der Waals surface area (Å²) in [6, 6.07) is 13.7. The zero-order chi connectivity index (χ0) is 15.0. The van der Waals surface area contributed by atoms with Crippen molar-refractivity contribution in [2.24, 2.45) is 0 Å². The topological polar surface area (TPSA) is 64.1 Å². The molecule has 0 saturated carbocycles. The molecule has 0 aliphatic carbocycles. The van der Waals surface area contributed by atoms with Gasteiger partial charge in [0, 0.05) is 16.5 Å². The molecule has 0 radical (unpaired) electrons. The van der Waals surface area contributed by atoms with Gasteiger partial charge in [-0.05, 0) is 24.3 Å². The van der Waals surface area contributed by atoms with Crippen molar-refractivity contribution in [3.63, 3.8) is 0 Å². The van der Waals surface area contributed by atoms with E-state index in [1.165, 1.54) is 17.4 Å². The first-order chi connectivity index (χ1) is 9.95. The normalized spacial score (nSPS) is 11.7. The molecule has 21 heavy (non-hydrogen) atoms. The molecule has 0 aliphatic heterocycles. The molecule has 0 bridgehead atoms. The van der Waals surface area contributed by atoms with Gasteiger partial charge in [-0.15, -0.1) is 11.3 Å². The molecule has 3 rings (SSSR count). The third-order valence-electron chi connectivity index (χ3n) is 3.04. The highest BCUT2D eigenvalue weighted by atomic mass is 32.2. The third kappa shape index (κ3) is 2.72. The Morgan fingerprint density at radius 3 is 2.57 bits per heavy atom. The Morgan fingerprint density at radius 1 is 1.05 bits per heavy atom. The van der Waals surface area contributed by atoms with E-state index in [0.29, 0.717) is 16.0 Å². The highest BCUT2D eigenvalue weighted by Gasteiger charge is 2.11. The maximum absolute atomic E-state index is 12.0. The molecule has 1 heterocycles. The molecule has 3 aromatic rings. The smallest absolute Gasteiger partial charge is 0.267 e. The van der Waals surface area contributed by atoms with E-state index >= 15 is 0 Å². The van der Waals surface area contributed by atoms with Crippen LogP contribution in [0.5, 0.6) is 0 Å². The van der Waals surface area contributed by atoms with Crippen molar-refractivity contribution in [2.45, 2.75) is 4.90 Å². The summed E-state index contributed by atoms with van der Waals surface area (Å²) in [4.78, 5) is 16.3. The molecule has 0 spiro atoms. The Bertz CT molecular complexity index is 991. The number of benzene rings is 2. The summed E-state index contributed by atoms with van der Waals surface area (Å²) in [6.45, 7) is 0. The van der Waals surface area contributed by atoms with Gasteiger partial charge < -0.3 is 0 Å². The van der Waals surface area contributed by atoms with Gasteiger partial charge in [-0.3, -0.25) is 4.79 Å². The molecular weight excluding hydrogens is 306 g/mol. The van der Waals surface area contributed by atoms with E-state index in [2.05, 4.69) is 4.98 Å². The summed E-state index contributed by atoms with van der Waals surface area (Å²) in [7, 11) is -3.29. The van der Waals surface area contributed by atoms with E-state index in [9.17, 15) is 13.2 Å². The maximum atomic E-state index is 12.0. The zero-order valence-electron chi connectivity index (χ0n) is 11.1. The minimum atomic E-state index is -3.29. The first kappa shape index (κ1) is 13.9. The van der Waals surface area contributed by atoms with E-state index in [1.54, 1.807) is 30.3 Å². The number of hydrogen-bond acceptors (Lipinski definition) is 5. The Morgan fingerprint density at radius 2 is 1.81 bits per heavy atom. The highest BCUT2D eigenvalue weighted by Crippen LogP contribution is 2.27. The van der Waals surface area contributed by atoms with Gasteiger partial charge in [0.15, 0.2) is 9.84 Å². The molecule has 4 nitrogen and oxygen atoms in total. The van der Waals surface area contributed by atoms with E-state index in [-0.39, 0.29) is 10.5 Å². The summed E-state index contributed by atoms with van der Waals surface area (Å²) in [5, 5.41) is 1.09. The molecular formula is C15H11NO3S2. The molecule has 0 atom stereocenters. The van der Waals surface area contributed by atoms with Crippen molar-refractivity contribution in [3.8, 4) is 10.6 Å². The largest absolute Gasteiger partial charge is 0.279 e. The van der Waals surface area contributed by atoms with Gasteiger partial charge in [0.05, 0.1) is 10.3 Å². The number of nitrogens with zero attached hydrogens (tertiary/aromatic N) is 1. The molecule has 0 amide bonds. The van der Waals surface area contributed by atoms with Crippen molar-refractivity contribution < 1.29 is 8.42 Å². The number of rotatable bonds is 2. The van der Waals surface area contributed by atoms with Gasteiger partial charge in [0.25, 0.3) is 5.56 Å². The summed E-state index contributed by atoms with van der Waals surface area (Å²) in [5.41, 5.74) is 0.329. The first-order valence-electron chi connectivity index (χ1n) is 6.15. The van der Waals surface area contributed by atoms with E-state index < -0.39 is 9.84 Å². The van der Waals surface area contributed by atoms with Gasteiger partial charge in [-0.1, -0.05) is 24.3 Å². The van der Waals surface area contributed by atoms with Gasteiger partial charge in [0.2, 0.25) is 0 Å². The van der Waals surface area contributed by atoms with Crippen molar-refractivity contribution in [3.05, 3.63) is 58.9 Å². The molecule has 0 N–H and O–H groups in total. The van der Waals surface area contributed by atoms with Crippen LogP contribution in [0.25, 0.3) is 20.7 Å². The monoisotopic (exact) mass is 317 g/mol. The minimum absolute atomic E-state index is 0.217. The lowest BCUT2D eigenvalue weighted by Gasteiger charge is -2.04. The molecule has 6 heteroatoms. The van der Waals surface area contributed by atoms with Crippen LogP contribution in [0, 0.1) is 0 Å². The fourth-order valence-electron chi connectivity index (χ4n) is 1.99. The second-order valence-electron chi connectivity index (χ2n) is 4.62. The van der Waals surface area contributed by atoms with Crippen LogP contribution in [0.15, 0.2) is 58.2 Å². The summed E-state index contributed by atoms with van der Waals surface area (Å²) in [5.74, 6) is 0. The average Bonchev–Trinajstić information content (AvgIpc) is 2.46. The number of fused-ring (bicyclic) bond motifs is 1. The molecule has 2 aromatic carbocycles. The Balaban J connectivity index is 2.24. The molecule has 0 fully saturated rings. The minimum Gasteiger partial charge on any atom is -0.267 e. The van der Waals surface area contributed by atoms with E-state index in [1.807, 2.05) is 12.1 Å². The molecule has 1 aromatic heterocycles.